The number of amides is 1. The summed E-state index contributed by atoms with van der Waals surface area (Å²) in [4.78, 5) is 12.2. The molecule has 3 nitrogen and oxygen atoms in total. The number of para-hydroxylation sites is 1. The second-order valence-corrected chi connectivity index (χ2v) is 6.62. The molecule has 0 bridgehead atoms. The van der Waals surface area contributed by atoms with E-state index in [0.29, 0.717) is 5.75 Å². The van der Waals surface area contributed by atoms with Crippen molar-refractivity contribution in [1.82, 2.24) is 0 Å². The van der Waals surface area contributed by atoms with E-state index in [1.165, 1.54) is 0 Å². The molecule has 112 valence electrons. The largest absolute Gasteiger partial charge is 0.477 e. The third kappa shape index (κ3) is 4.12. The normalized spacial score (nSPS) is 9.91. The van der Waals surface area contributed by atoms with Crippen LogP contribution in [-0.4, -0.2) is 6.09 Å². The minimum Gasteiger partial charge on any atom is -0.406 e. The average Bonchev–Trinajstić information content (AvgIpc) is 2.62. The molecule has 0 saturated heterocycles. The van der Waals surface area contributed by atoms with E-state index >= 15 is 0 Å². The summed E-state index contributed by atoms with van der Waals surface area (Å²) in [5, 5.41) is 2.03. The maximum absolute atomic E-state index is 12.2. The van der Waals surface area contributed by atoms with Gasteiger partial charge in [0.05, 0.1) is 0 Å². The molecule has 4 heteroatoms. The highest BCUT2D eigenvalue weighted by molar-refractivity contribution is 7.64. The molecule has 0 aliphatic rings. The van der Waals surface area contributed by atoms with Crippen LogP contribution in [0.5, 0.6) is 5.75 Å². The van der Waals surface area contributed by atoms with E-state index in [1.54, 1.807) is 12.1 Å². The van der Waals surface area contributed by atoms with Gasteiger partial charge in [-0.1, -0.05) is 54.6 Å². The molecule has 0 aliphatic carbocycles. The van der Waals surface area contributed by atoms with E-state index in [0.717, 1.165) is 10.6 Å². The number of carbonyl (C=O) groups is 1. The fourth-order valence-corrected chi connectivity index (χ4v) is 3.74. The van der Waals surface area contributed by atoms with Crippen LogP contribution in [0, 0.1) is 0 Å². The van der Waals surface area contributed by atoms with Crippen molar-refractivity contribution in [3.05, 3.63) is 91.0 Å². The first-order valence-corrected chi connectivity index (χ1v) is 8.51. The Labute approximate surface area is 136 Å². The lowest BCUT2D eigenvalue weighted by atomic mass is 10.3. The molecule has 0 saturated carbocycles. The molecule has 3 aromatic carbocycles. The minimum atomic E-state index is -1.14. The highest BCUT2D eigenvalue weighted by Gasteiger charge is 2.23. The predicted molar refractivity (Wildman–Crippen MR) is 94.0 cm³/mol. The zero-order chi connectivity index (χ0) is 15.9. The van der Waals surface area contributed by atoms with Gasteiger partial charge in [-0.15, -0.1) is 0 Å². The van der Waals surface area contributed by atoms with Crippen LogP contribution in [0.25, 0.3) is 0 Å². The number of benzene rings is 3. The van der Waals surface area contributed by atoms with E-state index in [4.69, 9.17) is 4.74 Å². The highest BCUT2D eigenvalue weighted by atomic mass is 31.1. The van der Waals surface area contributed by atoms with Crippen molar-refractivity contribution in [3.63, 3.8) is 0 Å². The monoisotopic (exact) mass is 320 g/mol. The Hall–Kier alpha value is -2.77. The van der Waals surface area contributed by atoms with Gasteiger partial charge in [0.2, 0.25) is 0 Å². The molecule has 0 fully saturated rings. The first-order chi connectivity index (χ1) is 11.3. The molecular weight excluding hydrogens is 305 g/mol. The minimum absolute atomic E-state index is 0.498. The Kier molecular flexibility index (Phi) is 4.92. The van der Waals surface area contributed by atoms with Crippen LogP contribution in [0.15, 0.2) is 95.7 Å². The van der Waals surface area contributed by atoms with Crippen LogP contribution in [0.2, 0.25) is 0 Å². The Morgan fingerprint density at radius 3 is 1.61 bits per heavy atom. The lowest BCUT2D eigenvalue weighted by Crippen LogP contribution is -2.09. The van der Waals surface area contributed by atoms with Gasteiger partial charge in [0.1, 0.15) is 5.75 Å². The number of ether oxygens (including phenoxy) is 1. The molecule has 3 aromatic rings. The van der Waals surface area contributed by atoms with Gasteiger partial charge in [0, 0.05) is 4.74 Å². The van der Waals surface area contributed by atoms with Crippen LogP contribution >= 0.6 is 7.71 Å². The van der Waals surface area contributed by atoms with Crippen molar-refractivity contribution >= 4 is 24.4 Å². The van der Waals surface area contributed by atoms with E-state index in [-0.39, 0.29) is 0 Å². The third-order valence-corrected chi connectivity index (χ3v) is 5.07. The molecular formula is C19H15NO2P+. The van der Waals surface area contributed by atoms with Crippen molar-refractivity contribution in [2.75, 3.05) is 0 Å². The summed E-state index contributed by atoms with van der Waals surface area (Å²) in [5.41, 5.74) is 0. The van der Waals surface area contributed by atoms with Crippen molar-refractivity contribution < 1.29 is 9.53 Å². The SMILES string of the molecule is O=C(N=[P+](c1ccccc1)c1ccccc1)Oc1ccccc1. The van der Waals surface area contributed by atoms with Crippen LogP contribution in [-0.2, 0) is 0 Å². The Morgan fingerprint density at radius 1 is 0.696 bits per heavy atom. The fraction of sp³-hybridized carbons (Fsp3) is 0. The molecule has 0 radical (unpaired) electrons. The van der Waals surface area contributed by atoms with Crippen molar-refractivity contribution in [1.29, 1.82) is 0 Å². The summed E-state index contributed by atoms with van der Waals surface area (Å²) < 4.78 is 9.61. The Balaban J connectivity index is 1.93. The van der Waals surface area contributed by atoms with Gasteiger partial charge in [-0.3, -0.25) is 0 Å². The molecule has 0 aromatic heterocycles. The van der Waals surface area contributed by atoms with Crippen LogP contribution < -0.4 is 15.3 Å². The summed E-state index contributed by atoms with van der Waals surface area (Å²) in [7, 11) is -1.14. The summed E-state index contributed by atoms with van der Waals surface area (Å²) in [5.74, 6) is 0.498. The summed E-state index contributed by atoms with van der Waals surface area (Å²) in [6, 6.07) is 28.6. The Morgan fingerprint density at radius 2 is 1.13 bits per heavy atom. The highest BCUT2D eigenvalue weighted by Crippen LogP contribution is 2.25. The number of rotatable bonds is 3. The van der Waals surface area contributed by atoms with E-state index < -0.39 is 13.8 Å². The van der Waals surface area contributed by atoms with E-state index in [1.807, 2.05) is 78.9 Å². The maximum atomic E-state index is 12.2. The molecule has 0 unspecified atom stereocenters. The summed E-state index contributed by atoms with van der Waals surface area (Å²) in [6.45, 7) is 0. The molecule has 0 atom stereocenters. The van der Waals surface area contributed by atoms with E-state index in [9.17, 15) is 4.79 Å². The zero-order valence-corrected chi connectivity index (χ0v) is 13.3. The lowest BCUT2D eigenvalue weighted by molar-refractivity contribution is 0.212. The number of carbonyl (C=O) groups excluding carboxylic acids is 1. The summed E-state index contributed by atoms with van der Waals surface area (Å²) >= 11 is 0. The lowest BCUT2D eigenvalue weighted by Gasteiger charge is -1.98. The van der Waals surface area contributed by atoms with Crippen LogP contribution in [0.3, 0.4) is 0 Å². The standard InChI is InChI=1S/C19H15NO2P/c21-19(22-16-10-4-1-5-11-16)20-23(17-12-6-2-7-13-17)18-14-8-3-9-15-18/h1-15H/q+1. The van der Waals surface area contributed by atoms with Crippen molar-refractivity contribution in [3.8, 4) is 5.75 Å². The second kappa shape index (κ2) is 7.48. The smallest absolute Gasteiger partial charge is 0.406 e. The van der Waals surface area contributed by atoms with Gasteiger partial charge in [0.25, 0.3) is 7.71 Å². The van der Waals surface area contributed by atoms with Gasteiger partial charge in [-0.25, -0.2) is 4.79 Å². The molecule has 1 amide bonds. The zero-order valence-electron chi connectivity index (χ0n) is 12.4. The van der Waals surface area contributed by atoms with Crippen molar-refractivity contribution in [2.24, 2.45) is 4.74 Å². The molecule has 0 heterocycles. The molecule has 3 rings (SSSR count). The first-order valence-electron chi connectivity index (χ1n) is 7.22. The third-order valence-electron chi connectivity index (χ3n) is 3.13. The van der Waals surface area contributed by atoms with Crippen molar-refractivity contribution in [2.45, 2.75) is 0 Å². The van der Waals surface area contributed by atoms with Gasteiger partial charge in [-0.05, 0) is 36.4 Å². The summed E-state index contributed by atoms with van der Waals surface area (Å²) in [6.07, 6.45) is -0.574. The predicted octanol–water partition coefficient (Wildman–Crippen LogP) is 4.50. The first kappa shape index (κ1) is 15.1. The number of hydrogen-bond donors (Lipinski definition) is 0. The number of nitrogens with zero attached hydrogens (tertiary/aromatic N) is 1. The van der Waals surface area contributed by atoms with Crippen LogP contribution in [0.1, 0.15) is 0 Å². The molecule has 23 heavy (non-hydrogen) atoms. The topological polar surface area (TPSA) is 38.7 Å². The van der Waals surface area contributed by atoms with Gasteiger partial charge in [0.15, 0.2) is 10.6 Å². The Bertz CT molecular complexity index is 761. The van der Waals surface area contributed by atoms with Crippen LogP contribution in [0.4, 0.5) is 4.79 Å². The molecule has 0 spiro atoms. The quantitative estimate of drug-likeness (QED) is 0.666. The fourth-order valence-electron chi connectivity index (χ4n) is 2.09. The second-order valence-electron chi connectivity index (χ2n) is 4.76. The van der Waals surface area contributed by atoms with Gasteiger partial charge in [-0.2, -0.15) is 0 Å². The average molecular weight is 320 g/mol. The number of hydrogen-bond acceptors (Lipinski definition) is 2. The van der Waals surface area contributed by atoms with Gasteiger partial charge < -0.3 is 4.74 Å². The maximum Gasteiger partial charge on any atom is 0.477 e. The molecule has 0 aliphatic heterocycles. The van der Waals surface area contributed by atoms with E-state index in [2.05, 4.69) is 4.74 Å². The van der Waals surface area contributed by atoms with Gasteiger partial charge >= 0.3 is 6.09 Å². The molecule has 0 N–H and O–H groups in total.